The number of nitrogens with zero attached hydrogens (tertiary/aromatic N) is 2. The number of rotatable bonds is 7. The summed E-state index contributed by atoms with van der Waals surface area (Å²) in [4.78, 5) is 11.8. The first-order chi connectivity index (χ1) is 11.3. The SMILES string of the molecule is N#CCOc1ccccc1/C=N\NC(=O)CCc1ccccc1. The molecule has 0 heterocycles. The number of carbonyl (C=O) groups excluding carboxylic acids is 1. The second-order valence-electron chi connectivity index (χ2n) is 4.76. The largest absolute Gasteiger partial charge is 0.478 e. The van der Waals surface area contributed by atoms with Crippen molar-refractivity contribution in [3.8, 4) is 11.8 Å². The number of hydrogen-bond donors (Lipinski definition) is 1. The van der Waals surface area contributed by atoms with E-state index < -0.39 is 0 Å². The first-order valence-corrected chi connectivity index (χ1v) is 7.24. The number of hydrogen-bond acceptors (Lipinski definition) is 4. The molecule has 1 N–H and O–H groups in total. The highest BCUT2D eigenvalue weighted by atomic mass is 16.5. The summed E-state index contributed by atoms with van der Waals surface area (Å²) in [5, 5.41) is 12.5. The fourth-order valence-corrected chi connectivity index (χ4v) is 1.96. The van der Waals surface area contributed by atoms with Crippen LogP contribution in [0.1, 0.15) is 17.5 Å². The van der Waals surface area contributed by atoms with Crippen molar-refractivity contribution >= 4 is 12.1 Å². The molecule has 1 amide bonds. The van der Waals surface area contributed by atoms with E-state index in [1.807, 2.05) is 48.5 Å². The van der Waals surface area contributed by atoms with Crippen LogP contribution in [0.4, 0.5) is 0 Å². The number of carbonyl (C=O) groups is 1. The minimum Gasteiger partial charge on any atom is -0.478 e. The summed E-state index contributed by atoms with van der Waals surface area (Å²) in [6, 6.07) is 18.9. The van der Waals surface area contributed by atoms with E-state index in [0.717, 1.165) is 5.56 Å². The van der Waals surface area contributed by atoms with Gasteiger partial charge in [-0.3, -0.25) is 4.79 Å². The number of nitrogens with one attached hydrogen (secondary N) is 1. The van der Waals surface area contributed by atoms with Crippen LogP contribution in [-0.4, -0.2) is 18.7 Å². The van der Waals surface area contributed by atoms with Crippen molar-refractivity contribution in [1.29, 1.82) is 5.26 Å². The summed E-state index contributed by atoms with van der Waals surface area (Å²) >= 11 is 0. The Balaban J connectivity index is 1.84. The molecule has 2 aromatic carbocycles. The summed E-state index contributed by atoms with van der Waals surface area (Å²) in [6.45, 7) is -0.0334. The molecule has 0 aliphatic rings. The van der Waals surface area contributed by atoms with Crippen LogP contribution in [0.3, 0.4) is 0 Å². The number of aryl methyl sites for hydroxylation is 1. The van der Waals surface area contributed by atoms with Crippen molar-refractivity contribution < 1.29 is 9.53 Å². The molecule has 0 bridgehead atoms. The first-order valence-electron chi connectivity index (χ1n) is 7.24. The van der Waals surface area contributed by atoms with Gasteiger partial charge in [-0.05, 0) is 24.1 Å². The van der Waals surface area contributed by atoms with E-state index in [1.54, 1.807) is 12.1 Å². The van der Waals surface area contributed by atoms with Crippen LogP contribution in [0.5, 0.6) is 5.75 Å². The normalized spacial score (nSPS) is 10.2. The summed E-state index contributed by atoms with van der Waals surface area (Å²) in [5.74, 6) is 0.400. The summed E-state index contributed by atoms with van der Waals surface area (Å²) in [7, 11) is 0. The number of para-hydroxylation sites is 1. The van der Waals surface area contributed by atoms with Crippen LogP contribution in [0, 0.1) is 11.3 Å². The molecule has 0 aromatic heterocycles. The van der Waals surface area contributed by atoms with Gasteiger partial charge in [-0.15, -0.1) is 0 Å². The average molecular weight is 307 g/mol. The van der Waals surface area contributed by atoms with Crippen LogP contribution in [0.25, 0.3) is 0 Å². The van der Waals surface area contributed by atoms with Crippen molar-refractivity contribution in [3.05, 3.63) is 65.7 Å². The lowest BCUT2D eigenvalue weighted by Gasteiger charge is -2.05. The predicted octanol–water partition coefficient (Wildman–Crippen LogP) is 2.67. The van der Waals surface area contributed by atoms with E-state index in [9.17, 15) is 4.79 Å². The van der Waals surface area contributed by atoms with Gasteiger partial charge in [0, 0.05) is 12.0 Å². The van der Waals surface area contributed by atoms with Gasteiger partial charge < -0.3 is 4.74 Å². The van der Waals surface area contributed by atoms with Crippen molar-refractivity contribution in [3.63, 3.8) is 0 Å². The molecule has 116 valence electrons. The number of nitriles is 1. The van der Waals surface area contributed by atoms with Gasteiger partial charge in [0.25, 0.3) is 0 Å². The fourth-order valence-electron chi connectivity index (χ4n) is 1.96. The van der Waals surface area contributed by atoms with E-state index in [4.69, 9.17) is 10.00 Å². The van der Waals surface area contributed by atoms with E-state index in [-0.39, 0.29) is 12.5 Å². The topological polar surface area (TPSA) is 74.5 Å². The molecule has 0 saturated carbocycles. The summed E-state index contributed by atoms with van der Waals surface area (Å²) < 4.78 is 5.28. The Kier molecular flexibility index (Phi) is 6.36. The Morgan fingerprint density at radius 2 is 1.91 bits per heavy atom. The predicted molar refractivity (Wildman–Crippen MR) is 88.0 cm³/mol. The lowest BCUT2D eigenvalue weighted by atomic mass is 10.1. The van der Waals surface area contributed by atoms with Crippen LogP contribution < -0.4 is 10.2 Å². The fraction of sp³-hybridized carbons (Fsp3) is 0.167. The third-order valence-corrected chi connectivity index (χ3v) is 3.09. The summed E-state index contributed by atoms with van der Waals surface area (Å²) in [5.41, 5.74) is 4.31. The highest BCUT2D eigenvalue weighted by Gasteiger charge is 2.02. The molecule has 0 saturated heterocycles. The van der Waals surface area contributed by atoms with E-state index >= 15 is 0 Å². The molecule has 5 heteroatoms. The van der Waals surface area contributed by atoms with Gasteiger partial charge in [-0.2, -0.15) is 10.4 Å². The number of ether oxygens (including phenoxy) is 1. The van der Waals surface area contributed by atoms with Crippen LogP contribution >= 0.6 is 0 Å². The minimum atomic E-state index is -0.152. The molecule has 23 heavy (non-hydrogen) atoms. The molecule has 0 spiro atoms. The lowest BCUT2D eigenvalue weighted by Crippen LogP contribution is -2.18. The van der Waals surface area contributed by atoms with Crippen molar-refractivity contribution in [1.82, 2.24) is 5.43 Å². The third kappa shape index (κ3) is 5.64. The van der Waals surface area contributed by atoms with Crippen LogP contribution in [0.15, 0.2) is 59.7 Å². The molecular weight excluding hydrogens is 290 g/mol. The maximum absolute atomic E-state index is 11.8. The maximum atomic E-state index is 11.8. The van der Waals surface area contributed by atoms with Gasteiger partial charge in [0.1, 0.15) is 11.8 Å². The van der Waals surface area contributed by atoms with Gasteiger partial charge in [-0.1, -0.05) is 42.5 Å². The monoisotopic (exact) mass is 307 g/mol. The molecule has 2 aromatic rings. The van der Waals surface area contributed by atoms with Gasteiger partial charge >= 0.3 is 0 Å². The molecule has 0 fully saturated rings. The standard InChI is InChI=1S/C18H17N3O2/c19-12-13-23-17-9-5-4-8-16(17)14-20-21-18(22)11-10-15-6-2-1-3-7-15/h1-9,14H,10-11,13H2,(H,21,22)/b20-14-. The third-order valence-electron chi connectivity index (χ3n) is 3.09. The molecule has 0 atom stereocenters. The minimum absolute atomic E-state index is 0.0334. The Bertz CT molecular complexity index is 706. The molecule has 0 unspecified atom stereocenters. The second kappa shape index (κ2) is 9.00. The molecular formula is C18H17N3O2. The molecule has 0 aliphatic heterocycles. The second-order valence-corrected chi connectivity index (χ2v) is 4.76. The highest BCUT2D eigenvalue weighted by molar-refractivity contribution is 5.85. The Morgan fingerprint density at radius 1 is 1.17 bits per heavy atom. The van der Waals surface area contributed by atoms with Crippen LogP contribution in [-0.2, 0) is 11.2 Å². The summed E-state index contributed by atoms with van der Waals surface area (Å²) in [6.07, 6.45) is 2.55. The van der Waals surface area contributed by atoms with Gasteiger partial charge in [0.2, 0.25) is 5.91 Å². The molecule has 2 rings (SSSR count). The van der Waals surface area contributed by atoms with E-state index in [2.05, 4.69) is 10.5 Å². The highest BCUT2D eigenvalue weighted by Crippen LogP contribution is 2.15. The van der Waals surface area contributed by atoms with Crippen molar-refractivity contribution in [2.45, 2.75) is 12.8 Å². The number of amides is 1. The smallest absolute Gasteiger partial charge is 0.240 e. The Labute approximate surface area is 135 Å². The van der Waals surface area contributed by atoms with Gasteiger partial charge in [0.15, 0.2) is 6.61 Å². The zero-order chi connectivity index (χ0) is 16.3. The van der Waals surface area contributed by atoms with E-state index in [0.29, 0.717) is 24.2 Å². The Hall–Kier alpha value is -3.13. The van der Waals surface area contributed by atoms with Crippen molar-refractivity contribution in [2.75, 3.05) is 6.61 Å². The zero-order valence-electron chi connectivity index (χ0n) is 12.6. The molecule has 5 nitrogen and oxygen atoms in total. The van der Waals surface area contributed by atoms with Gasteiger partial charge in [0.05, 0.1) is 6.21 Å². The van der Waals surface area contributed by atoms with E-state index in [1.165, 1.54) is 6.21 Å². The zero-order valence-corrected chi connectivity index (χ0v) is 12.6. The lowest BCUT2D eigenvalue weighted by molar-refractivity contribution is -0.121. The Morgan fingerprint density at radius 3 is 2.70 bits per heavy atom. The van der Waals surface area contributed by atoms with Crippen molar-refractivity contribution in [2.24, 2.45) is 5.10 Å². The first kappa shape index (κ1) is 16.2. The number of hydrazone groups is 1. The number of benzene rings is 2. The van der Waals surface area contributed by atoms with Crippen LogP contribution in [0.2, 0.25) is 0 Å². The van der Waals surface area contributed by atoms with Gasteiger partial charge in [-0.25, -0.2) is 5.43 Å². The quantitative estimate of drug-likeness (QED) is 0.631. The average Bonchev–Trinajstić information content (AvgIpc) is 2.60. The molecule has 0 radical (unpaired) electrons. The molecule has 0 aliphatic carbocycles. The maximum Gasteiger partial charge on any atom is 0.240 e.